The molecule has 0 bridgehead atoms. The molecule has 0 radical (unpaired) electrons. The van der Waals surface area contributed by atoms with Crippen LogP contribution in [0.1, 0.15) is 77.4 Å². The van der Waals surface area contributed by atoms with Gasteiger partial charge in [0.2, 0.25) is 20.4 Å². The molecule has 23 heteroatoms. The van der Waals surface area contributed by atoms with Crippen molar-refractivity contribution >= 4 is 94.3 Å². The predicted molar refractivity (Wildman–Crippen MR) is 242 cm³/mol. The molecule has 2 aliphatic rings. The highest BCUT2D eigenvalue weighted by atomic mass is 36.0. The fraction of sp³-hybridized carbons (Fsp3) is 0.140. The van der Waals surface area contributed by atoms with E-state index in [-0.39, 0.29) is 82.4 Å². The van der Waals surface area contributed by atoms with E-state index in [0.29, 0.717) is 47.2 Å². The van der Waals surface area contributed by atoms with Crippen molar-refractivity contribution in [2.45, 2.75) is 38.5 Å². The van der Waals surface area contributed by atoms with Crippen LogP contribution in [0, 0.1) is 0 Å². The summed E-state index contributed by atoms with van der Waals surface area (Å²) in [6.45, 7) is 0. The van der Waals surface area contributed by atoms with E-state index in [2.05, 4.69) is 37.3 Å². The van der Waals surface area contributed by atoms with Crippen LogP contribution >= 0.6 is 33.0 Å². The van der Waals surface area contributed by atoms with Crippen molar-refractivity contribution in [2.75, 3.05) is 11.1 Å². The summed E-state index contributed by atoms with van der Waals surface area (Å²) in [5.41, 5.74) is 9.35. The number of imide groups is 2. The first kappa shape index (κ1) is 53.0. The van der Waals surface area contributed by atoms with E-state index < -0.39 is 38.2 Å². The summed E-state index contributed by atoms with van der Waals surface area (Å²) < 4.78 is 9.09. The number of hydrogen-bond donors (Lipinski definition) is 11. The number of halogens is 3. The van der Waals surface area contributed by atoms with Crippen LogP contribution in [0.3, 0.4) is 0 Å². The lowest BCUT2D eigenvalue weighted by Crippen LogP contribution is -2.21. The summed E-state index contributed by atoms with van der Waals surface area (Å²) in [5, 5.41) is 69.7. The minimum atomic E-state index is -1.67. The number of carbonyl (C=O) groups excluding carboxylic acids is 6. The number of carbonyl (C=O) groups is 7. The normalized spacial score (nSPS) is 11.6. The lowest BCUT2D eigenvalue weighted by Gasteiger charge is -2.08. The highest BCUT2D eigenvalue weighted by Crippen LogP contribution is 2.28. The van der Waals surface area contributed by atoms with Gasteiger partial charge in [0.15, 0.2) is 34.5 Å². The Hall–Kier alpha value is -7.39. The standard InChI is InChI=1S/C17H14N2O5.C9H9ClO3.C9H10O4.C8H6N2O2.Cl2OS/c20-12-6-4-9(8-13(12)21)5-7-14(22)18-11-3-1-2-10-15(11)17(24)19-16(10)23;10-9(13)4-2-6-1-3-7(11)8(12)5-6;10-7-3-1-6(5-8(7)11)2-4-9(12)13;9-5-3-1-2-4-6(5)8(12)10-7(4)11;1-4(2)3/h1-4,6,8,20-21H,5,7H2,(H,18,22)(H,19,23,24);1,3,5,11-12H,2,4H2;1,3,5,10-11H,2,4H2,(H,12,13);1-3H,9H2,(H,10,11,12);. The van der Waals surface area contributed by atoms with Gasteiger partial charge in [0, 0.05) is 46.3 Å². The number of nitrogen functional groups attached to an aromatic ring is 1. The maximum absolute atomic E-state index is 12.1. The van der Waals surface area contributed by atoms with Gasteiger partial charge in [0.1, 0.15) is 0 Å². The molecule has 5 aromatic carbocycles. The van der Waals surface area contributed by atoms with Crippen LogP contribution in [0.2, 0.25) is 0 Å². The van der Waals surface area contributed by atoms with Crippen LogP contribution in [-0.4, -0.2) is 80.7 Å². The van der Waals surface area contributed by atoms with Gasteiger partial charge in [-0.2, -0.15) is 0 Å². The number of aromatic hydroxyl groups is 6. The first-order valence-corrected chi connectivity index (χ1v) is 22.0. The number of rotatable bonds is 10. The van der Waals surface area contributed by atoms with Crippen molar-refractivity contribution in [2.24, 2.45) is 0 Å². The largest absolute Gasteiger partial charge is 0.504 e. The van der Waals surface area contributed by atoms with E-state index in [4.69, 9.17) is 47.1 Å². The molecule has 0 saturated heterocycles. The van der Waals surface area contributed by atoms with Gasteiger partial charge < -0.3 is 46.8 Å². The fourth-order valence-electron chi connectivity index (χ4n) is 5.71. The molecule has 12 N–H and O–H groups in total. The zero-order chi connectivity index (χ0) is 49.2. The van der Waals surface area contributed by atoms with E-state index in [1.165, 1.54) is 42.5 Å². The molecule has 7 rings (SSSR count). The summed E-state index contributed by atoms with van der Waals surface area (Å²) in [7, 11) is 7.36. The van der Waals surface area contributed by atoms with Gasteiger partial charge in [-0.3, -0.25) is 44.2 Å². The predicted octanol–water partition coefficient (Wildman–Crippen LogP) is 5.66. The number of carboxylic acid groups (broad SMARTS) is 1. The molecule has 0 fully saturated rings. The van der Waals surface area contributed by atoms with Crippen LogP contribution < -0.4 is 21.7 Å². The highest BCUT2D eigenvalue weighted by molar-refractivity contribution is 8.26. The minimum Gasteiger partial charge on any atom is -0.504 e. The van der Waals surface area contributed by atoms with Crippen molar-refractivity contribution in [3.05, 3.63) is 130 Å². The second kappa shape index (κ2) is 25.2. The second-order valence-corrected chi connectivity index (χ2v) is 16.5. The van der Waals surface area contributed by atoms with E-state index in [1.807, 2.05) is 0 Å². The number of hydrogen-bond acceptors (Lipinski definition) is 15. The van der Waals surface area contributed by atoms with Crippen LogP contribution in [0.4, 0.5) is 11.4 Å². The number of benzene rings is 5. The number of phenolic OH excluding ortho intramolecular Hbond substituents is 6. The SMILES string of the molecule is Nc1cccc2c1C(=O)NC2=O.O=C(CCc1ccc(O)c(O)c1)Nc1cccc2c1C(=O)NC2=O.O=C(Cl)CCc1ccc(O)c(O)c1.O=C(O)CCc1ccc(O)c(O)c1.O=S(Cl)Cl. The number of aryl methyl sites for hydroxylation is 3. The van der Waals surface area contributed by atoms with Gasteiger partial charge in [-0.15, -0.1) is 0 Å². The first-order valence-electron chi connectivity index (χ1n) is 18.8. The molecule has 0 unspecified atom stereocenters. The summed E-state index contributed by atoms with van der Waals surface area (Å²) in [6, 6.07) is 22.5. The molecule has 348 valence electrons. The molecule has 5 amide bonds. The molecule has 0 spiro atoms. The van der Waals surface area contributed by atoms with Crippen molar-refractivity contribution < 1.29 is 73.5 Å². The number of anilines is 2. The average Bonchev–Trinajstić information content (AvgIpc) is 3.72. The number of aliphatic carboxylic acids is 1. The third kappa shape index (κ3) is 16.6. The Morgan fingerprint density at radius 2 is 0.955 bits per heavy atom. The molecule has 66 heavy (non-hydrogen) atoms. The summed E-state index contributed by atoms with van der Waals surface area (Å²) >= 11 is 5.15. The van der Waals surface area contributed by atoms with Gasteiger partial charge in [-0.1, -0.05) is 30.3 Å². The Labute approximate surface area is 390 Å². The van der Waals surface area contributed by atoms with Gasteiger partial charge >= 0.3 is 5.97 Å². The molecule has 19 nitrogen and oxygen atoms in total. The van der Waals surface area contributed by atoms with Gasteiger partial charge in [0.05, 0.1) is 27.9 Å². The van der Waals surface area contributed by atoms with Crippen molar-refractivity contribution in [3.8, 4) is 34.5 Å². The quantitative estimate of drug-likeness (QED) is 0.0348. The molecule has 0 atom stereocenters. The van der Waals surface area contributed by atoms with Gasteiger partial charge in [-0.25, -0.2) is 4.21 Å². The topological polar surface area (TPSA) is 340 Å². The first-order chi connectivity index (χ1) is 31.1. The third-order valence-corrected chi connectivity index (χ3v) is 9.02. The fourth-order valence-corrected chi connectivity index (χ4v) is 5.80. The smallest absolute Gasteiger partial charge is 0.303 e. The Morgan fingerprint density at radius 3 is 1.36 bits per heavy atom. The molecular formula is C43H39Cl3N4O15S. The number of nitrogens with one attached hydrogen (secondary N) is 3. The molecule has 0 saturated carbocycles. The van der Waals surface area contributed by atoms with Crippen LogP contribution in [0.25, 0.3) is 0 Å². The van der Waals surface area contributed by atoms with E-state index >= 15 is 0 Å². The van der Waals surface area contributed by atoms with Crippen LogP contribution in [0.15, 0.2) is 91.0 Å². The Bertz CT molecular complexity index is 2610. The second-order valence-electron chi connectivity index (χ2n) is 13.5. The number of nitrogens with two attached hydrogens (primary N) is 1. The molecule has 2 aliphatic heterocycles. The Balaban J connectivity index is 0.000000238. The Morgan fingerprint density at radius 1 is 0.561 bits per heavy atom. The van der Waals surface area contributed by atoms with Crippen molar-refractivity contribution in [1.82, 2.24) is 10.6 Å². The van der Waals surface area contributed by atoms with Crippen molar-refractivity contribution in [1.29, 1.82) is 0 Å². The third-order valence-electron chi connectivity index (χ3n) is 8.83. The van der Waals surface area contributed by atoms with Gasteiger partial charge in [0.25, 0.3) is 23.6 Å². The lowest BCUT2D eigenvalue weighted by atomic mass is 10.1. The van der Waals surface area contributed by atoms with E-state index in [0.717, 1.165) is 5.56 Å². The highest BCUT2D eigenvalue weighted by Gasteiger charge is 2.30. The van der Waals surface area contributed by atoms with Crippen LogP contribution in [-0.2, 0) is 42.9 Å². The Kier molecular flexibility index (Phi) is 20.2. The van der Waals surface area contributed by atoms with Crippen LogP contribution in [0.5, 0.6) is 34.5 Å². The lowest BCUT2D eigenvalue weighted by molar-refractivity contribution is -0.137. The molecular weight excluding hydrogens is 951 g/mol. The monoisotopic (exact) mass is 988 g/mol. The number of phenols is 6. The average molecular weight is 990 g/mol. The summed E-state index contributed by atoms with van der Waals surface area (Å²) in [5.74, 6) is -4.24. The number of amides is 5. The minimum absolute atomic E-state index is 0.0181. The summed E-state index contributed by atoms with van der Waals surface area (Å²) in [6.07, 6.45) is 1.53. The molecule has 0 aromatic heterocycles. The molecule has 0 aliphatic carbocycles. The van der Waals surface area contributed by atoms with Gasteiger partial charge in [-0.05, 0) is 108 Å². The maximum atomic E-state index is 12.1. The molecule has 2 heterocycles. The zero-order valence-electron chi connectivity index (χ0n) is 33.9. The molecule has 5 aromatic rings. The summed E-state index contributed by atoms with van der Waals surface area (Å²) in [4.78, 5) is 78.2. The van der Waals surface area contributed by atoms with E-state index in [1.54, 1.807) is 48.5 Å². The van der Waals surface area contributed by atoms with E-state index in [9.17, 15) is 43.8 Å². The van der Waals surface area contributed by atoms with Crippen molar-refractivity contribution in [3.63, 3.8) is 0 Å². The number of fused-ring (bicyclic) bond motifs is 2. The zero-order valence-corrected chi connectivity index (χ0v) is 37.0. The number of carboxylic acids is 1. The maximum Gasteiger partial charge on any atom is 0.303 e.